The van der Waals surface area contributed by atoms with E-state index in [4.69, 9.17) is 0 Å². The minimum absolute atomic E-state index is 0.0178. The van der Waals surface area contributed by atoms with Crippen molar-refractivity contribution < 1.29 is 4.79 Å². The third kappa shape index (κ3) is 5.86. The Morgan fingerprint density at radius 2 is 1.93 bits per heavy atom. The minimum atomic E-state index is 0.0178. The van der Waals surface area contributed by atoms with E-state index >= 15 is 0 Å². The van der Waals surface area contributed by atoms with Crippen molar-refractivity contribution >= 4 is 23.4 Å². The molecule has 0 spiro atoms. The van der Waals surface area contributed by atoms with Crippen LogP contribution in [0, 0.1) is 26.7 Å². The Morgan fingerprint density at radius 3 is 2.59 bits per heavy atom. The molecule has 1 aliphatic heterocycles. The summed E-state index contributed by atoms with van der Waals surface area (Å²) in [5.41, 5.74) is 6.42. The van der Waals surface area contributed by atoms with Gasteiger partial charge in [-0.2, -0.15) is 16.9 Å². The van der Waals surface area contributed by atoms with Crippen molar-refractivity contribution in [2.75, 3.05) is 29.9 Å². The molecular formula is C23H34N4OS. The second kappa shape index (κ2) is 9.81. The molecule has 2 aromatic rings. The van der Waals surface area contributed by atoms with E-state index in [2.05, 4.69) is 55.1 Å². The lowest BCUT2D eigenvalue weighted by molar-refractivity contribution is -0.115. The van der Waals surface area contributed by atoms with E-state index in [0.717, 1.165) is 54.4 Å². The van der Waals surface area contributed by atoms with Crippen LogP contribution >= 0.6 is 11.8 Å². The van der Waals surface area contributed by atoms with Crippen LogP contribution in [0.5, 0.6) is 0 Å². The Balaban J connectivity index is 1.62. The Kier molecular flexibility index (Phi) is 7.41. The standard InChI is InChI=1S/C23H34N4OS/c1-16(2)14-27-19(5)21(18(4)25-27)13-23(28)24-22-7-6-20(12-17(22)3)15-26-8-10-29-11-9-26/h6-7,12,16H,8-11,13-15H2,1-5H3,(H,24,28). The van der Waals surface area contributed by atoms with E-state index in [1.165, 1.54) is 17.1 Å². The van der Waals surface area contributed by atoms with E-state index in [0.29, 0.717) is 12.3 Å². The van der Waals surface area contributed by atoms with Crippen LogP contribution in [0.4, 0.5) is 5.69 Å². The number of rotatable bonds is 7. The minimum Gasteiger partial charge on any atom is -0.326 e. The van der Waals surface area contributed by atoms with E-state index in [9.17, 15) is 4.79 Å². The predicted octanol–water partition coefficient (Wildman–Crippen LogP) is 4.19. The SMILES string of the molecule is Cc1cc(CN2CCSCC2)ccc1NC(=O)Cc1c(C)nn(CC(C)C)c1C. The number of hydrogen-bond donors (Lipinski definition) is 1. The summed E-state index contributed by atoms with van der Waals surface area (Å²) in [6.45, 7) is 14.7. The van der Waals surface area contributed by atoms with Crippen molar-refractivity contribution in [2.45, 2.75) is 54.1 Å². The van der Waals surface area contributed by atoms with Gasteiger partial charge in [0.25, 0.3) is 0 Å². The molecule has 6 heteroatoms. The lowest BCUT2D eigenvalue weighted by Gasteiger charge is -2.26. The Labute approximate surface area is 179 Å². The van der Waals surface area contributed by atoms with Gasteiger partial charge in [-0.25, -0.2) is 0 Å². The van der Waals surface area contributed by atoms with Gasteiger partial charge in [0, 0.05) is 54.6 Å². The number of thioether (sulfide) groups is 1. The first-order valence-corrected chi connectivity index (χ1v) is 11.7. The maximum Gasteiger partial charge on any atom is 0.228 e. The van der Waals surface area contributed by atoms with Crippen LogP contribution in [0.1, 0.15) is 41.9 Å². The van der Waals surface area contributed by atoms with Crippen molar-refractivity contribution in [3.63, 3.8) is 0 Å². The molecule has 29 heavy (non-hydrogen) atoms. The van der Waals surface area contributed by atoms with Gasteiger partial charge in [-0.1, -0.05) is 26.0 Å². The normalized spacial score (nSPS) is 15.1. The summed E-state index contributed by atoms with van der Waals surface area (Å²) < 4.78 is 2.03. The summed E-state index contributed by atoms with van der Waals surface area (Å²) in [7, 11) is 0. The maximum atomic E-state index is 12.7. The average molecular weight is 415 g/mol. The third-order valence-corrected chi connectivity index (χ3v) is 6.42. The summed E-state index contributed by atoms with van der Waals surface area (Å²) in [6.07, 6.45) is 0.363. The quantitative estimate of drug-likeness (QED) is 0.738. The molecule has 5 nitrogen and oxygen atoms in total. The van der Waals surface area contributed by atoms with Gasteiger partial charge in [0.1, 0.15) is 0 Å². The highest BCUT2D eigenvalue weighted by atomic mass is 32.2. The molecular weight excluding hydrogens is 380 g/mol. The number of anilines is 1. The molecule has 1 fully saturated rings. The Morgan fingerprint density at radius 1 is 1.21 bits per heavy atom. The fourth-order valence-electron chi connectivity index (χ4n) is 3.85. The van der Waals surface area contributed by atoms with Gasteiger partial charge in [-0.05, 0) is 43.9 Å². The zero-order chi connectivity index (χ0) is 21.0. The molecule has 0 bridgehead atoms. The van der Waals surface area contributed by atoms with Crippen molar-refractivity contribution in [1.82, 2.24) is 14.7 Å². The van der Waals surface area contributed by atoms with Gasteiger partial charge >= 0.3 is 0 Å². The van der Waals surface area contributed by atoms with E-state index < -0.39 is 0 Å². The lowest BCUT2D eigenvalue weighted by atomic mass is 10.1. The van der Waals surface area contributed by atoms with E-state index in [1.54, 1.807) is 0 Å². The second-order valence-electron chi connectivity index (χ2n) is 8.49. The molecule has 1 aromatic heterocycles. The lowest BCUT2D eigenvalue weighted by Crippen LogP contribution is -2.31. The zero-order valence-electron chi connectivity index (χ0n) is 18.4. The largest absolute Gasteiger partial charge is 0.326 e. The smallest absolute Gasteiger partial charge is 0.228 e. The fourth-order valence-corrected chi connectivity index (χ4v) is 4.83. The van der Waals surface area contributed by atoms with Crippen molar-refractivity contribution in [1.29, 1.82) is 0 Å². The molecule has 1 saturated heterocycles. The number of nitrogens with zero attached hydrogens (tertiary/aromatic N) is 3. The number of amides is 1. The highest BCUT2D eigenvalue weighted by Crippen LogP contribution is 2.21. The van der Waals surface area contributed by atoms with Crippen LogP contribution < -0.4 is 5.32 Å². The predicted molar refractivity (Wildman–Crippen MR) is 123 cm³/mol. The number of carbonyl (C=O) groups is 1. The van der Waals surface area contributed by atoms with E-state index in [1.807, 2.05) is 29.4 Å². The van der Waals surface area contributed by atoms with Crippen LogP contribution in [0.2, 0.25) is 0 Å². The van der Waals surface area contributed by atoms with E-state index in [-0.39, 0.29) is 5.91 Å². The van der Waals surface area contributed by atoms with Gasteiger partial charge in [-0.15, -0.1) is 0 Å². The van der Waals surface area contributed by atoms with Crippen LogP contribution in [-0.2, 0) is 24.3 Å². The molecule has 0 atom stereocenters. The Hall–Kier alpha value is -1.79. The van der Waals surface area contributed by atoms with Gasteiger partial charge in [0.2, 0.25) is 5.91 Å². The summed E-state index contributed by atoms with van der Waals surface area (Å²) in [5.74, 6) is 2.99. The van der Waals surface area contributed by atoms with Crippen molar-refractivity contribution in [3.05, 3.63) is 46.3 Å². The van der Waals surface area contributed by atoms with Crippen molar-refractivity contribution in [3.8, 4) is 0 Å². The molecule has 1 amide bonds. The molecule has 2 heterocycles. The van der Waals surface area contributed by atoms with Gasteiger partial charge in [0.15, 0.2) is 0 Å². The first kappa shape index (κ1) is 21.9. The molecule has 0 saturated carbocycles. The number of benzene rings is 1. The number of aromatic nitrogens is 2. The summed E-state index contributed by atoms with van der Waals surface area (Å²) in [4.78, 5) is 15.2. The average Bonchev–Trinajstić information content (AvgIpc) is 2.91. The fraction of sp³-hybridized carbons (Fsp3) is 0.565. The molecule has 1 aromatic carbocycles. The molecule has 3 rings (SSSR count). The molecule has 0 aliphatic carbocycles. The number of aryl methyl sites for hydroxylation is 2. The molecule has 158 valence electrons. The Bertz CT molecular complexity index is 853. The molecule has 1 N–H and O–H groups in total. The van der Waals surface area contributed by atoms with Gasteiger partial charge in [0.05, 0.1) is 12.1 Å². The zero-order valence-corrected chi connectivity index (χ0v) is 19.2. The number of hydrogen-bond acceptors (Lipinski definition) is 4. The topological polar surface area (TPSA) is 50.2 Å². The number of carbonyl (C=O) groups excluding carboxylic acids is 1. The highest BCUT2D eigenvalue weighted by molar-refractivity contribution is 7.99. The van der Waals surface area contributed by atoms with Crippen LogP contribution in [0.25, 0.3) is 0 Å². The summed E-state index contributed by atoms with van der Waals surface area (Å²) in [5, 5.41) is 7.73. The number of nitrogens with one attached hydrogen (secondary N) is 1. The van der Waals surface area contributed by atoms with Crippen LogP contribution in [0.3, 0.4) is 0 Å². The maximum absolute atomic E-state index is 12.7. The third-order valence-electron chi connectivity index (χ3n) is 5.48. The molecule has 0 unspecified atom stereocenters. The first-order chi connectivity index (χ1) is 13.8. The molecule has 1 aliphatic rings. The van der Waals surface area contributed by atoms with Gasteiger partial charge < -0.3 is 5.32 Å². The van der Waals surface area contributed by atoms with Crippen molar-refractivity contribution in [2.24, 2.45) is 5.92 Å². The molecule has 0 radical (unpaired) electrons. The second-order valence-corrected chi connectivity index (χ2v) is 9.71. The van der Waals surface area contributed by atoms with Crippen LogP contribution in [0.15, 0.2) is 18.2 Å². The summed E-state index contributed by atoms with van der Waals surface area (Å²) >= 11 is 2.03. The summed E-state index contributed by atoms with van der Waals surface area (Å²) in [6, 6.07) is 6.39. The van der Waals surface area contributed by atoms with Crippen LogP contribution in [-0.4, -0.2) is 45.2 Å². The monoisotopic (exact) mass is 414 g/mol. The van der Waals surface area contributed by atoms with Gasteiger partial charge in [-0.3, -0.25) is 14.4 Å². The highest BCUT2D eigenvalue weighted by Gasteiger charge is 2.17. The first-order valence-electron chi connectivity index (χ1n) is 10.6.